The standard InChI is InChI=1S/C14H19BrFNO2/c1-5-19-13(18)9-14(2,17(3)4)10-6-7-12(16)11(15)8-10/h6-8H,5,9H2,1-4H3. The van der Waals surface area contributed by atoms with Crippen molar-refractivity contribution in [1.82, 2.24) is 4.90 Å². The molecule has 0 heterocycles. The van der Waals surface area contributed by atoms with Crippen molar-refractivity contribution in [3.8, 4) is 0 Å². The molecule has 0 aliphatic rings. The average Bonchev–Trinajstić information content (AvgIpc) is 2.32. The molecule has 106 valence electrons. The summed E-state index contributed by atoms with van der Waals surface area (Å²) in [7, 11) is 3.77. The first-order valence-corrected chi connectivity index (χ1v) is 6.89. The number of benzene rings is 1. The van der Waals surface area contributed by atoms with Gasteiger partial charge < -0.3 is 4.74 Å². The van der Waals surface area contributed by atoms with E-state index in [2.05, 4.69) is 15.9 Å². The van der Waals surface area contributed by atoms with Crippen molar-refractivity contribution in [1.29, 1.82) is 0 Å². The van der Waals surface area contributed by atoms with Crippen LogP contribution in [0.1, 0.15) is 25.8 Å². The van der Waals surface area contributed by atoms with E-state index >= 15 is 0 Å². The van der Waals surface area contributed by atoms with Gasteiger partial charge in [-0.1, -0.05) is 6.07 Å². The average molecular weight is 332 g/mol. The molecule has 0 amide bonds. The van der Waals surface area contributed by atoms with Crippen molar-refractivity contribution < 1.29 is 13.9 Å². The fourth-order valence-electron chi connectivity index (χ4n) is 1.84. The van der Waals surface area contributed by atoms with Crippen LogP contribution < -0.4 is 0 Å². The van der Waals surface area contributed by atoms with Crippen molar-refractivity contribution in [2.75, 3.05) is 20.7 Å². The third kappa shape index (κ3) is 3.76. The Kier molecular flexibility index (Phi) is 5.50. The van der Waals surface area contributed by atoms with E-state index in [4.69, 9.17) is 4.74 Å². The van der Waals surface area contributed by atoms with Crippen molar-refractivity contribution in [3.63, 3.8) is 0 Å². The topological polar surface area (TPSA) is 29.5 Å². The van der Waals surface area contributed by atoms with Crippen LogP contribution in [-0.4, -0.2) is 31.6 Å². The SMILES string of the molecule is CCOC(=O)CC(C)(c1ccc(F)c(Br)c1)N(C)C. The number of nitrogens with zero attached hydrogens (tertiary/aromatic N) is 1. The zero-order chi connectivity index (χ0) is 14.6. The number of carbonyl (C=O) groups excluding carboxylic acids is 1. The highest BCUT2D eigenvalue weighted by atomic mass is 79.9. The summed E-state index contributed by atoms with van der Waals surface area (Å²) in [5, 5.41) is 0. The van der Waals surface area contributed by atoms with Gasteiger partial charge in [0, 0.05) is 0 Å². The van der Waals surface area contributed by atoms with Crippen molar-refractivity contribution in [2.24, 2.45) is 0 Å². The largest absolute Gasteiger partial charge is 0.466 e. The summed E-state index contributed by atoms with van der Waals surface area (Å²) in [5.41, 5.74) is 0.321. The highest BCUT2D eigenvalue weighted by Crippen LogP contribution is 2.32. The maximum Gasteiger partial charge on any atom is 0.307 e. The van der Waals surface area contributed by atoms with E-state index < -0.39 is 5.54 Å². The maximum atomic E-state index is 13.3. The van der Waals surface area contributed by atoms with Crippen LogP contribution in [0, 0.1) is 5.82 Å². The molecule has 3 nitrogen and oxygen atoms in total. The lowest BCUT2D eigenvalue weighted by Gasteiger charge is -2.36. The number of rotatable bonds is 5. The van der Waals surface area contributed by atoms with Gasteiger partial charge in [0.25, 0.3) is 0 Å². The fourth-order valence-corrected chi connectivity index (χ4v) is 2.22. The minimum Gasteiger partial charge on any atom is -0.466 e. The predicted molar refractivity (Wildman–Crippen MR) is 76.4 cm³/mol. The molecule has 5 heteroatoms. The first-order valence-electron chi connectivity index (χ1n) is 6.10. The number of hydrogen-bond donors (Lipinski definition) is 0. The molecule has 0 fully saturated rings. The Balaban J connectivity index is 3.10. The van der Waals surface area contributed by atoms with Crippen LogP contribution >= 0.6 is 15.9 Å². The Morgan fingerprint density at radius 3 is 2.58 bits per heavy atom. The van der Waals surface area contributed by atoms with Crippen molar-refractivity contribution in [3.05, 3.63) is 34.1 Å². The molecule has 1 rings (SSSR count). The monoisotopic (exact) mass is 331 g/mol. The van der Waals surface area contributed by atoms with Gasteiger partial charge in [0.2, 0.25) is 0 Å². The Morgan fingerprint density at radius 1 is 1.47 bits per heavy atom. The lowest BCUT2D eigenvalue weighted by Crippen LogP contribution is -2.41. The van der Waals surface area contributed by atoms with Gasteiger partial charge in [-0.05, 0) is 61.6 Å². The third-order valence-electron chi connectivity index (χ3n) is 3.32. The summed E-state index contributed by atoms with van der Waals surface area (Å²) in [6.45, 7) is 4.07. The fraction of sp³-hybridized carbons (Fsp3) is 0.500. The van der Waals surface area contributed by atoms with Crippen LogP contribution in [0.25, 0.3) is 0 Å². The molecule has 0 saturated heterocycles. The highest BCUT2D eigenvalue weighted by Gasteiger charge is 2.33. The third-order valence-corrected chi connectivity index (χ3v) is 3.93. The molecule has 0 saturated carbocycles. The molecule has 0 aliphatic carbocycles. The van der Waals surface area contributed by atoms with E-state index in [9.17, 15) is 9.18 Å². The first kappa shape index (κ1) is 16.1. The number of esters is 1. The quantitative estimate of drug-likeness (QED) is 0.775. The van der Waals surface area contributed by atoms with E-state index in [-0.39, 0.29) is 18.2 Å². The summed E-state index contributed by atoms with van der Waals surface area (Å²) in [4.78, 5) is 13.7. The molecule has 0 spiro atoms. The van der Waals surface area contributed by atoms with Gasteiger partial charge in [0.15, 0.2) is 0 Å². The molecule has 0 aromatic heterocycles. The summed E-state index contributed by atoms with van der Waals surface area (Å²) < 4.78 is 18.7. The normalized spacial score (nSPS) is 14.3. The molecular weight excluding hydrogens is 313 g/mol. The molecule has 1 aromatic carbocycles. The van der Waals surface area contributed by atoms with E-state index in [1.807, 2.05) is 25.9 Å². The molecule has 1 aromatic rings. The van der Waals surface area contributed by atoms with Crippen LogP contribution in [-0.2, 0) is 15.1 Å². The predicted octanol–water partition coefficient (Wildman–Crippen LogP) is 3.32. The van der Waals surface area contributed by atoms with E-state index in [1.165, 1.54) is 6.07 Å². The zero-order valence-corrected chi connectivity index (χ0v) is 13.3. The highest BCUT2D eigenvalue weighted by molar-refractivity contribution is 9.10. The van der Waals surface area contributed by atoms with Gasteiger partial charge >= 0.3 is 5.97 Å². The summed E-state index contributed by atoms with van der Waals surface area (Å²) in [6.07, 6.45) is 0.214. The van der Waals surface area contributed by atoms with Crippen molar-refractivity contribution >= 4 is 21.9 Å². The van der Waals surface area contributed by atoms with Gasteiger partial charge in [0.05, 0.1) is 23.0 Å². The Bertz CT molecular complexity index is 465. The molecule has 0 radical (unpaired) electrons. The molecule has 1 atom stereocenters. The number of hydrogen-bond acceptors (Lipinski definition) is 3. The van der Waals surface area contributed by atoms with E-state index in [0.29, 0.717) is 11.1 Å². The molecule has 19 heavy (non-hydrogen) atoms. The first-order chi connectivity index (χ1) is 8.81. The number of ether oxygens (including phenoxy) is 1. The second-order valence-electron chi connectivity index (χ2n) is 4.78. The molecular formula is C14H19BrFNO2. The van der Waals surface area contributed by atoms with Crippen LogP contribution in [0.5, 0.6) is 0 Å². The van der Waals surface area contributed by atoms with Gasteiger partial charge in [0.1, 0.15) is 5.82 Å². The van der Waals surface area contributed by atoms with Crippen LogP contribution in [0.15, 0.2) is 22.7 Å². The lowest BCUT2D eigenvalue weighted by atomic mass is 9.87. The van der Waals surface area contributed by atoms with Gasteiger partial charge in [-0.15, -0.1) is 0 Å². The minimum atomic E-state index is -0.539. The molecule has 0 aliphatic heterocycles. The Morgan fingerprint density at radius 2 is 2.11 bits per heavy atom. The van der Waals surface area contributed by atoms with Gasteiger partial charge in [-0.2, -0.15) is 0 Å². The van der Waals surface area contributed by atoms with Gasteiger partial charge in [-0.3, -0.25) is 9.69 Å². The number of carbonyl (C=O) groups is 1. The summed E-state index contributed by atoms with van der Waals surface area (Å²) in [5.74, 6) is -0.583. The second kappa shape index (κ2) is 6.48. The van der Waals surface area contributed by atoms with E-state index in [0.717, 1.165) is 5.56 Å². The zero-order valence-electron chi connectivity index (χ0n) is 11.7. The summed E-state index contributed by atoms with van der Waals surface area (Å²) in [6, 6.07) is 4.79. The molecule has 0 N–H and O–H groups in total. The van der Waals surface area contributed by atoms with Crippen LogP contribution in [0.3, 0.4) is 0 Å². The lowest BCUT2D eigenvalue weighted by molar-refractivity contribution is -0.146. The number of halogens is 2. The van der Waals surface area contributed by atoms with Crippen LogP contribution in [0.4, 0.5) is 4.39 Å². The van der Waals surface area contributed by atoms with Crippen molar-refractivity contribution in [2.45, 2.75) is 25.8 Å². The Hall–Kier alpha value is -0.940. The summed E-state index contributed by atoms with van der Waals surface area (Å²) >= 11 is 3.17. The second-order valence-corrected chi connectivity index (χ2v) is 5.63. The molecule has 1 unspecified atom stereocenters. The van der Waals surface area contributed by atoms with Crippen LogP contribution in [0.2, 0.25) is 0 Å². The van der Waals surface area contributed by atoms with Gasteiger partial charge in [-0.25, -0.2) is 4.39 Å². The molecule has 0 bridgehead atoms. The Labute approximate surface area is 121 Å². The van der Waals surface area contributed by atoms with E-state index in [1.54, 1.807) is 19.1 Å². The minimum absolute atomic E-state index is 0.214. The maximum absolute atomic E-state index is 13.3. The smallest absolute Gasteiger partial charge is 0.307 e.